The number of nitrogens with zero attached hydrogens (tertiary/aromatic N) is 3. The highest BCUT2D eigenvalue weighted by Crippen LogP contribution is 2.35. The molecule has 2 aliphatic heterocycles. The van der Waals surface area contributed by atoms with Crippen molar-refractivity contribution in [3.05, 3.63) is 68.6 Å². The van der Waals surface area contributed by atoms with Crippen LogP contribution in [0.1, 0.15) is 11.1 Å². The Morgan fingerprint density at radius 2 is 1.94 bits per heavy atom. The summed E-state index contributed by atoms with van der Waals surface area (Å²) in [7, 11) is 0. The van der Waals surface area contributed by atoms with Crippen LogP contribution in [-0.4, -0.2) is 59.7 Å². The molecule has 3 amide bonds. The van der Waals surface area contributed by atoms with E-state index in [0.717, 1.165) is 10.5 Å². The number of benzene rings is 2. The molecular formula is C23H22N4O6S. The molecule has 4 rings (SSSR count). The lowest BCUT2D eigenvalue weighted by Gasteiger charge is -2.28. The molecule has 2 fully saturated rings. The third-order valence-electron chi connectivity index (χ3n) is 5.44. The molecule has 0 saturated carbocycles. The van der Waals surface area contributed by atoms with E-state index in [0.29, 0.717) is 55.0 Å². The Bertz CT molecular complexity index is 1190. The van der Waals surface area contributed by atoms with E-state index >= 15 is 0 Å². The van der Waals surface area contributed by atoms with E-state index in [2.05, 4.69) is 5.32 Å². The number of ether oxygens (including phenoxy) is 1. The lowest BCUT2D eigenvalue weighted by atomic mass is 10.1. The van der Waals surface area contributed by atoms with Crippen molar-refractivity contribution >= 4 is 52.0 Å². The molecule has 0 bridgehead atoms. The minimum Gasteiger partial charge on any atom is -0.378 e. The number of carbonyl (C=O) groups is 3. The van der Waals surface area contributed by atoms with Crippen molar-refractivity contribution < 1.29 is 24.0 Å². The van der Waals surface area contributed by atoms with Crippen molar-refractivity contribution in [3.8, 4) is 0 Å². The standard InChI is InChI=1S/C23H22N4O6S/c1-15-4-2-3-5-17(15)24-21(28)14-26-22(29)20(34-23(26)30)13-16-6-7-18(19(12-16)27(31)32)25-8-10-33-11-9-25/h2-7,12-13H,8-11,14H2,1H3,(H,24,28)/b20-13-. The highest BCUT2D eigenvalue weighted by Gasteiger charge is 2.36. The molecule has 0 aromatic heterocycles. The van der Waals surface area contributed by atoms with Gasteiger partial charge < -0.3 is 15.0 Å². The molecule has 34 heavy (non-hydrogen) atoms. The first kappa shape index (κ1) is 23.5. The average Bonchev–Trinajstić information content (AvgIpc) is 3.08. The van der Waals surface area contributed by atoms with Gasteiger partial charge in [0.05, 0.1) is 23.0 Å². The summed E-state index contributed by atoms with van der Waals surface area (Å²) in [5.41, 5.74) is 2.26. The number of aryl methyl sites for hydroxylation is 1. The summed E-state index contributed by atoms with van der Waals surface area (Å²) in [6.45, 7) is 3.48. The number of rotatable bonds is 6. The predicted octanol–water partition coefficient (Wildman–Crippen LogP) is 3.41. The van der Waals surface area contributed by atoms with Gasteiger partial charge in [-0.3, -0.25) is 29.4 Å². The molecule has 0 atom stereocenters. The number of para-hydroxylation sites is 1. The number of imide groups is 1. The van der Waals surface area contributed by atoms with Gasteiger partial charge in [0, 0.05) is 24.8 Å². The van der Waals surface area contributed by atoms with Crippen molar-refractivity contribution in [2.75, 3.05) is 43.1 Å². The molecule has 1 N–H and O–H groups in total. The van der Waals surface area contributed by atoms with E-state index in [1.54, 1.807) is 24.3 Å². The smallest absolute Gasteiger partial charge is 0.294 e. The summed E-state index contributed by atoms with van der Waals surface area (Å²) in [6.07, 6.45) is 1.43. The van der Waals surface area contributed by atoms with Gasteiger partial charge >= 0.3 is 0 Å². The summed E-state index contributed by atoms with van der Waals surface area (Å²) >= 11 is 0.696. The summed E-state index contributed by atoms with van der Waals surface area (Å²) in [5, 5.41) is 13.8. The Morgan fingerprint density at radius 1 is 1.21 bits per heavy atom. The van der Waals surface area contributed by atoms with Crippen LogP contribution in [0.4, 0.5) is 21.9 Å². The average molecular weight is 483 g/mol. The molecule has 2 aromatic carbocycles. The zero-order valence-electron chi connectivity index (χ0n) is 18.4. The first-order valence-electron chi connectivity index (χ1n) is 10.6. The van der Waals surface area contributed by atoms with Crippen LogP contribution in [0.25, 0.3) is 6.08 Å². The molecule has 11 heteroatoms. The van der Waals surface area contributed by atoms with Gasteiger partial charge in [0.25, 0.3) is 16.8 Å². The fourth-order valence-electron chi connectivity index (χ4n) is 3.68. The highest BCUT2D eigenvalue weighted by atomic mass is 32.2. The second kappa shape index (κ2) is 10.1. The maximum absolute atomic E-state index is 12.8. The molecule has 176 valence electrons. The lowest BCUT2D eigenvalue weighted by molar-refractivity contribution is -0.384. The van der Waals surface area contributed by atoms with Crippen LogP contribution in [0.5, 0.6) is 0 Å². The van der Waals surface area contributed by atoms with Crippen LogP contribution >= 0.6 is 11.8 Å². The zero-order chi connectivity index (χ0) is 24.2. The Kier molecular flexibility index (Phi) is 6.94. The SMILES string of the molecule is Cc1ccccc1NC(=O)CN1C(=O)S/C(=C\c2ccc(N3CCOCC3)c([N+](=O)[O-])c2)C1=O. The van der Waals surface area contributed by atoms with Gasteiger partial charge in [0.2, 0.25) is 5.91 Å². The number of amides is 3. The van der Waals surface area contributed by atoms with Gasteiger partial charge in [0.15, 0.2) is 0 Å². The predicted molar refractivity (Wildman–Crippen MR) is 129 cm³/mol. The van der Waals surface area contributed by atoms with Crippen molar-refractivity contribution in [2.45, 2.75) is 6.92 Å². The number of anilines is 2. The fraction of sp³-hybridized carbons (Fsp3) is 0.261. The second-order valence-corrected chi connectivity index (χ2v) is 8.73. The Hall–Kier alpha value is -3.70. The first-order chi connectivity index (χ1) is 16.3. The first-order valence-corrected chi connectivity index (χ1v) is 11.4. The van der Waals surface area contributed by atoms with Crippen LogP contribution in [0, 0.1) is 17.0 Å². The summed E-state index contributed by atoms with van der Waals surface area (Å²) in [5.74, 6) is -1.11. The molecule has 0 spiro atoms. The van der Waals surface area contributed by atoms with E-state index in [-0.39, 0.29) is 10.6 Å². The van der Waals surface area contributed by atoms with Crippen LogP contribution in [0.3, 0.4) is 0 Å². The topological polar surface area (TPSA) is 122 Å². The third kappa shape index (κ3) is 5.10. The van der Waals surface area contributed by atoms with Gasteiger partial charge in [0.1, 0.15) is 12.2 Å². The van der Waals surface area contributed by atoms with Crippen molar-refractivity contribution in [1.29, 1.82) is 0 Å². The number of carbonyl (C=O) groups excluding carboxylic acids is 3. The normalized spacial score (nSPS) is 17.4. The Balaban J connectivity index is 1.50. The van der Waals surface area contributed by atoms with Crippen LogP contribution in [0.2, 0.25) is 0 Å². The number of thioether (sulfide) groups is 1. The van der Waals surface area contributed by atoms with Crippen molar-refractivity contribution in [1.82, 2.24) is 4.90 Å². The maximum atomic E-state index is 12.8. The zero-order valence-corrected chi connectivity index (χ0v) is 19.2. The number of nitro groups is 1. The Morgan fingerprint density at radius 3 is 2.65 bits per heavy atom. The third-order valence-corrected chi connectivity index (χ3v) is 6.35. The Labute approximate surface area is 199 Å². The van der Waals surface area contributed by atoms with Gasteiger partial charge in [-0.1, -0.05) is 24.3 Å². The van der Waals surface area contributed by atoms with E-state index in [1.807, 2.05) is 24.0 Å². The van der Waals surface area contributed by atoms with Gasteiger partial charge in [-0.15, -0.1) is 0 Å². The molecular weight excluding hydrogens is 460 g/mol. The molecule has 0 aliphatic carbocycles. The number of morpholine rings is 1. The molecule has 2 aliphatic rings. The van der Waals surface area contributed by atoms with E-state index in [1.165, 1.54) is 12.1 Å². The largest absolute Gasteiger partial charge is 0.378 e. The van der Waals surface area contributed by atoms with Crippen molar-refractivity contribution in [3.63, 3.8) is 0 Å². The molecule has 2 aromatic rings. The lowest BCUT2D eigenvalue weighted by Crippen LogP contribution is -2.36. The fourth-order valence-corrected chi connectivity index (χ4v) is 4.52. The second-order valence-electron chi connectivity index (χ2n) is 7.74. The summed E-state index contributed by atoms with van der Waals surface area (Å²) in [6, 6.07) is 11.9. The van der Waals surface area contributed by atoms with Crippen LogP contribution in [-0.2, 0) is 14.3 Å². The van der Waals surface area contributed by atoms with Crippen LogP contribution in [0.15, 0.2) is 47.4 Å². The highest BCUT2D eigenvalue weighted by molar-refractivity contribution is 8.18. The molecule has 2 saturated heterocycles. The quantitative estimate of drug-likeness (QED) is 0.378. The molecule has 2 heterocycles. The number of hydrogen-bond donors (Lipinski definition) is 1. The van der Waals surface area contributed by atoms with E-state index < -0.39 is 28.5 Å². The number of nitrogens with one attached hydrogen (secondary N) is 1. The van der Waals surface area contributed by atoms with E-state index in [9.17, 15) is 24.5 Å². The van der Waals surface area contributed by atoms with Gasteiger partial charge in [-0.25, -0.2) is 0 Å². The van der Waals surface area contributed by atoms with Crippen LogP contribution < -0.4 is 10.2 Å². The van der Waals surface area contributed by atoms with Crippen molar-refractivity contribution in [2.24, 2.45) is 0 Å². The maximum Gasteiger partial charge on any atom is 0.294 e. The summed E-state index contributed by atoms with van der Waals surface area (Å²) in [4.78, 5) is 51.6. The minimum absolute atomic E-state index is 0.0903. The van der Waals surface area contributed by atoms with E-state index in [4.69, 9.17) is 4.74 Å². The van der Waals surface area contributed by atoms with Gasteiger partial charge in [-0.05, 0) is 48.0 Å². The molecule has 0 radical (unpaired) electrons. The minimum atomic E-state index is -0.616. The molecule has 0 unspecified atom stereocenters. The monoisotopic (exact) mass is 482 g/mol. The van der Waals surface area contributed by atoms with Gasteiger partial charge in [-0.2, -0.15) is 0 Å². The number of nitro benzene ring substituents is 1. The number of hydrogen-bond acceptors (Lipinski definition) is 8. The molecule has 10 nitrogen and oxygen atoms in total. The summed E-state index contributed by atoms with van der Waals surface area (Å²) < 4.78 is 5.31.